The number of phenols is 4. The van der Waals surface area contributed by atoms with Crippen LogP contribution in [0.5, 0.6) is 28.7 Å². The van der Waals surface area contributed by atoms with Gasteiger partial charge in [-0.3, -0.25) is 0 Å². The van der Waals surface area contributed by atoms with Gasteiger partial charge in [-0.25, -0.2) is 0 Å². The highest BCUT2D eigenvalue weighted by atomic mass is 16.5. The molecule has 0 radical (unpaired) electrons. The molecule has 0 saturated carbocycles. The van der Waals surface area contributed by atoms with E-state index >= 15 is 0 Å². The highest BCUT2D eigenvalue weighted by molar-refractivity contribution is 5.43. The molecule has 5 heteroatoms. The van der Waals surface area contributed by atoms with Crippen molar-refractivity contribution in [1.29, 1.82) is 0 Å². The molecule has 18 heavy (non-hydrogen) atoms. The average Bonchev–Trinajstić information content (AvgIpc) is 2.37. The summed E-state index contributed by atoms with van der Waals surface area (Å²) in [5.74, 6) is 0.723. The molecule has 5 nitrogen and oxygen atoms in total. The number of methoxy groups -OCH3 is 1. The molecule has 0 saturated heterocycles. The lowest BCUT2D eigenvalue weighted by molar-refractivity contribution is 0.368. The number of hydrogen-bond acceptors (Lipinski definition) is 5. The maximum absolute atomic E-state index is 9.00. The van der Waals surface area contributed by atoms with E-state index in [0.29, 0.717) is 0 Å². The predicted molar refractivity (Wildman–Crippen MR) is 66.1 cm³/mol. The van der Waals surface area contributed by atoms with Crippen LogP contribution >= 0.6 is 0 Å². The lowest BCUT2D eigenvalue weighted by atomic mass is 10.3. The summed E-state index contributed by atoms with van der Waals surface area (Å²) < 4.78 is 4.72. The molecule has 0 aliphatic carbocycles. The van der Waals surface area contributed by atoms with Crippen LogP contribution in [0.1, 0.15) is 0 Å². The molecule has 2 aromatic rings. The van der Waals surface area contributed by atoms with Gasteiger partial charge in [0.1, 0.15) is 17.2 Å². The molecule has 96 valence electrons. The maximum atomic E-state index is 9.00. The Bertz CT molecular complexity index is 472. The molecule has 0 heterocycles. The molecule has 0 bridgehead atoms. The SMILES string of the molecule is COc1cc(O)ccc1O.Oc1ccc(O)cc1. The summed E-state index contributed by atoms with van der Waals surface area (Å²) in [5.41, 5.74) is 0. The van der Waals surface area contributed by atoms with E-state index in [-0.39, 0.29) is 28.7 Å². The lowest BCUT2D eigenvalue weighted by Gasteiger charge is -2.01. The standard InChI is InChI=1S/C7H8O3.C6H6O2/c1-10-7-4-5(8)2-3-6(7)9;7-5-1-2-6(8)4-3-5/h2-4,8-9H,1H3;1-4,7-8H. The molecule has 0 atom stereocenters. The second-order valence-electron chi connectivity index (χ2n) is 3.37. The smallest absolute Gasteiger partial charge is 0.164 e. The van der Waals surface area contributed by atoms with Crippen molar-refractivity contribution in [2.45, 2.75) is 0 Å². The second-order valence-corrected chi connectivity index (χ2v) is 3.37. The third-order valence-corrected chi connectivity index (χ3v) is 2.01. The van der Waals surface area contributed by atoms with E-state index in [1.54, 1.807) is 0 Å². The van der Waals surface area contributed by atoms with E-state index in [2.05, 4.69) is 0 Å². The number of aromatic hydroxyl groups is 4. The molecule has 0 aliphatic heterocycles. The minimum absolute atomic E-state index is 0.0281. The third kappa shape index (κ3) is 4.13. The Labute approximate surface area is 104 Å². The van der Waals surface area contributed by atoms with E-state index < -0.39 is 0 Å². The second kappa shape index (κ2) is 6.24. The molecule has 0 fully saturated rings. The van der Waals surface area contributed by atoms with Crippen LogP contribution in [-0.4, -0.2) is 27.5 Å². The fourth-order valence-electron chi connectivity index (χ4n) is 1.12. The Hall–Kier alpha value is -2.56. The molecule has 0 aromatic heterocycles. The topological polar surface area (TPSA) is 90.2 Å². The van der Waals surface area contributed by atoms with E-state index in [0.717, 1.165) is 0 Å². The number of benzene rings is 2. The first-order valence-corrected chi connectivity index (χ1v) is 5.07. The van der Waals surface area contributed by atoms with Crippen LogP contribution in [0.4, 0.5) is 0 Å². The Morgan fingerprint density at radius 2 is 1.17 bits per heavy atom. The largest absolute Gasteiger partial charge is 0.508 e. The molecule has 2 aromatic carbocycles. The Kier molecular flexibility index (Phi) is 4.68. The summed E-state index contributed by atoms with van der Waals surface area (Å²) in [6, 6.07) is 9.80. The van der Waals surface area contributed by atoms with Gasteiger partial charge in [-0.15, -0.1) is 0 Å². The molecule has 4 N–H and O–H groups in total. The van der Waals surface area contributed by atoms with Crippen molar-refractivity contribution in [2.75, 3.05) is 7.11 Å². The van der Waals surface area contributed by atoms with Gasteiger partial charge in [-0.05, 0) is 36.4 Å². The van der Waals surface area contributed by atoms with Crippen LogP contribution in [-0.2, 0) is 0 Å². The zero-order valence-electron chi connectivity index (χ0n) is 9.74. The van der Waals surface area contributed by atoms with Crippen LogP contribution in [0, 0.1) is 0 Å². The zero-order valence-corrected chi connectivity index (χ0v) is 9.74. The molecule has 0 amide bonds. The van der Waals surface area contributed by atoms with E-state index in [1.807, 2.05) is 0 Å². The average molecular weight is 250 g/mol. The highest BCUT2D eigenvalue weighted by Crippen LogP contribution is 2.28. The van der Waals surface area contributed by atoms with Crippen LogP contribution in [0.25, 0.3) is 0 Å². The van der Waals surface area contributed by atoms with Gasteiger partial charge in [0, 0.05) is 6.07 Å². The Morgan fingerprint density at radius 3 is 1.56 bits per heavy atom. The first-order chi connectivity index (χ1) is 8.52. The van der Waals surface area contributed by atoms with Gasteiger partial charge >= 0.3 is 0 Å². The van der Waals surface area contributed by atoms with Crippen molar-refractivity contribution < 1.29 is 25.2 Å². The molecule has 2 rings (SSSR count). The van der Waals surface area contributed by atoms with Crippen LogP contribution in [0.3, 0.4) is 0 Å². The molecule has 0 aliphatic rings. The Balaban J connectivity index is 0.000000184. The van der Waals surface area contributed by atoms with Crippen molar-refractivity contribution in [3.63, 3.8) is 0 Å². The number of phenolic OH excluding ortho intramolecular Hbond substituents is 4. The van der Waals surface area contributed by atoms with Gasteiger partial charge in [-0.2, -0.15) is 0 Å². The normalized spacial score (nSPS) is 9.17. The fourth-order valence-corrected chi connectivity index (χ4v) is 1.12. The summed E-state index contributed by atoms with van der Waals surface area (Å²) in [5, 5.41) is 35.2. The van der Waals surface area contributed by atoms with Crippen molar-refractivity contribution in [3.8, 4) is 28.7 Å². The van der Waals surface area contributed by atoms with Crippen molar-refractivity contribution in [3.05, 3.63) is 42.5 Å². The first-order valence-electron chi connectivity index (χ1n) is 5.07. The molecular formula is C13H14O5. The van der Waals surface area contributed by atoms with Crippen LogP contribution < -0.4 is 4.74 Å². The Morgan fingerprint density at radius 1 is 0.722 bits per heavy atom. The number of ether oxygens (including phenoxy) is 1. The van der Waals surface area contributed by atoms with Gasteiger partial charge in [0.05, 0.1) is 7.11 Å². The van der Waals surface area contributed by atoms with Crippen molar-refractivity contribution >= 4 is 0 Å². The zero-order chi connectivity index (χ0) is 13.5. The van der Waals surface area contributed by atoms with E-state index in [4.69, 9.17) is 25.2 Å². The first kappa shape index (κ1) is 13.5. The van der Waals surface area contributed by atoms with Gasteiger partial charge < -0.3 is 25.2 Å². The summed E-state index contributed by atoms with van der Waals surface area (Å²) in [7, 11) is 1.43. The van der Waals surface area contributed by atoms with Crippen LogP contribution in [0.2, 0.25) is 0 Å². The minimum Gasteiger partial charge on any atom is -0.508 e. The van der Waals surface area contributed by atoms with Crippen molar-refractivity contribution in [2.24, 2.45) is 0 Å². The third-order valence-electron chi connectivity index (χ3n) is 2.01. The van der Waals surface area contributed by atoms with E-state index in [9.17, 15) is 0 Å². The quantitative estimate of drug-likeness (QED) is 0.582. The maximum Gasteiger partial charge on any atom is 0.164 e. The number of hydrogen-bond donors (Lipinski definition) is 4. The summed E-state index contributed by atoms with van der Waals surface area (Å²) in [6.45, 7) is 0. The predicted octanol–water partition coefficient (Wildman–Crippen LogP) is 2.20. The summed E-state index contributed by atoms with van der Waals surface area (Å²) >= 11 is 0. The lowest BCUT2D eigenvalue weighted by Crippen LogP contribution is -1.81. The molecule has 0 unspecified atom stereocenters. The summed E-state index contributed by atoms with van der Waals surface area (Å²) in [4.78, 5) is 0. The van der Waals surface area contributed by atoms with E-state index in [1.165, 1.54) is 49.6 Å². The summed E-state index contributed by atoms with van der Waals surface area (Å²) in [6.07, 6.45) is 0. The van der Waals surface area contributed by atoms with Gasteiger partial charge in [0.15, 0.2) is 11.5 Å². The molecular weight excluding hydrogens is 236 g/mol. The van der Waals surface area contributed by atoms with Crippen LogP contribution in [0.15, 0.2) is 42.5 Å². The monoisotopic (exact) mass is 250 g/mol. The van der Waals surface area contributed by atoms with Gasteiger partial charge in [0.25, 0.3) is 0 Å². The minimum atomic E-state index is 0.0281. The van der Waals surface area contributed by atoms with Gasteiger partial charge in [-0.1, -0.05) is 0 Å². The van der Waals surface area contributed by atoms with Crippen molar-refractivity contribution in [1.82, 2.24) is 0 Å². The van der Waals surface area contributed by atoms with Gasteiger partial charge in [0.2, 0.25) is 0 Å². The fraction of sp³-hybridized carbons (Fsp3) is 0.0769. The number of rotatable bonds is 1. The molecule has 0 spiro atoms. The highest BCUT2D eigenvalue weighted by Gasteiger charge is 1.99.